The third-order valence-electron chi connectivity index (χ3n) is 3.69. The van der Waals surface area contributed by atoms with Gasteiger partial charge in [0.2, 0.25) is 0 Å². The SMILES string of the molecule is CCNC(=O)NC(=O)[C@@H]([NH2+]CCc1ccccc1)c1ccccc1. The first-order valence-electron chi connectivity index (χ1n) is 8.21. The molecule has 0 spiro atoms. The van der Waals surface area contributed by atoms with E-state index in [1.807, 2.05) is 60.8 Å². The van der Waals surface area contributed by atoms with Crippen molar-refractivity contribution in [1.29, 1.82) is 0 Å². The molecule has 5 heteroatoms. The highest BCUT2D eigenvalue weighted by atomic mass is 16.2. The monoisotopic (exact) mass is 326 g/mol. The summed E-state index contributed by atoms with van der Waals surface area (Å²) in [6.45, 7) is 3.05. The molecular weight excluding hydrogens is 302 g/mol. The lowest BCUT2D eigenvalue weighted by atomic mass is 10.1. The number of hydrogen-bond acceptors (Lipinski definition) is 2. The number of carbonyl (C=O) groups excluding carboxylic acids is 2. The Kier molecular flexibility index (Phi) is 6.98. The zero-order valence-corrected chi connectivity index (χ0v) is 13.9. The van der Waals surface area contributed by atoms with Crippen LogP contribution in [0, 0.1) is 0 Å². The molecule has 0 unspecified atom stereocenters. The number of rotatable bonds is 7. The van der Waals surface area contributed by atoms with Gasteiger partial charge >= 0.3 is 6.03 Å². The maximum Gasteiger partial charge on any atom is 0.321 e. The van der Waals surface area contributed by atoms with Crippen LogP contribution in [0.3, 0.4) is 0 Å². The van der Waals surface area contributed by atoms with Crippen LogP contribution >= 0.6 is 0 Å². The van der Waals surface area contributed by atoms with Crippen molar-refractivity contribution in [1.82, 2.24) is 10.6 Å². The lowest BCUT2D eigenvalue weighted by Gasteiger charge is -2.15. The Balaban J connectivity index is 2.00. The minimum atomic E-state index is -0.458. The van der Waals surface area contributed by atoms with Gasteiger partial charge in [-0.05, 0) is 12.5 Å². The first kappa shape index (κ1) is 17.7. The van der Waals surface area contributed by atoms with Crippen LogP contribution in [0.2, 0.25) is 0 Å². The summed E-state index contributed by atoms with van der Waals surface area (Å²) < 4.78 is 0. The van der Waals surface area contributed by atoms with Crippen LogP contribution < -0.4 is 16.0 Å². The van der Waals surface area contributed by atoms with Crippen LogP contribution in [0.25, 0.3) is 0 Å². The summed E-state index contributed by atoms with van der Waals surface area (Å²) >= 11 is 0. The summed E-state index contributed by atoms with van der Waals surface area (Å²) in [7, 11) is 0. The van der Waals surface area contributed by atoms with E-state index in [0.717, 1.165) is 18.5 Å². The molecule has 0 bridgehead atoms. The highest BCUT2D eigenvalue weighted by molar-refractivity contribution is 5.96. The molecule has 0 aliphatic carbocycles. The minimum absolute atomic E-state index is 0.305. The topological polar surface area (TPSA) is 74.8 Å². The summed E-state index contributed by atoms with van der Waals surface area (Å²) in [5.41, 5.74) is 2.11. The van der Waals surface area contributed by atoms with Crippen LogP contribution in [0.15, 0.2) is 60.7 Å². The Morgan fingerprint density at radius 1 is 1.00 bits per heavy atom. The van der Waals surface area contributed by atoms with Gasteiger partial charge in [0.15, 0.2) is 6.04 Å². The summed E-state index contributed by atoms with van der Waals surface area (Å²) in [6, 6.07) is 18.7. The molecule has 0 aliphatic rings. The molecular formula is C19H24N3O2+. The highest BCUT2D eigenvalue weighted by Crippen LogP contribution is 2.08. The predicted molar refractivity (Wildman–Crippen MR) is 93.3 cm³/mol. The van der Waals surface area contributed by atoms with Gasteiger partial charge in [0.25, 0.3) is 5.91 Å². The molecule has 0 heterocycles. The fourth-order valence-electron chi connectivity index (χ4n) is 2.51. The van der Waals surface area contributed by atoms with Crippen molar-refractivity contribution in [3.63, 3.8) is 0 Å². The molecule has 0 aliphatic heterocycles. The molecule has 5 nitrogen and oxygen atoms in total. The molecule has 0 aromatic heterocycles. The smallest absolute Gasteiger partial charge is 0.321 e. The van der Waals surface area contributed by atoms with Crippen LogP contribution in [0.5, 0.6) is 0 Å². The van der Waals surface area contributed by atoms with Crippen LogP contribution in [-0.4, -0.2) is 25.0 Å². The zero-order chi connectivity index (χ0) is 17.2. The van der Waals surface area contributed by atoms with Crippen LogP contribution in [-0.2, 0) is 11.2 Å². The number of quaternary nitrogens is 1. The van der Waals surface area contributed by atoms with Crippen molar-refractivity contribution in [2.45, 2.75) is 19.4 Å². The molecule has 4 N–H and O–H groups in total. The van der Waals surface area contributed by atoms with Gasteiger partial charge in [0, 0.05) is 18.5 Å². The third-order valence-corrected chi connectivity index (χ3v) is 3.69. The number of nitrogens with one attached hydrogen (secondary N) is 2. The van der Waals surface area contributed by atoms with Crippen LogP contribution in [0.4, 0.5) is 4.79 Å². The van der Waals surface area contributed by atoms with Gasteiger partial charge in [0.05, 0.1) is 6.54 Å². The van der Waals surface area contributed by atoms with E-state index in [2.05, 4.69) is 22.8 Å². The second-order valence-electron chi connectivity index (χ2n) is 5.50. The Hall–Kier alpha value is -2.66. The summed E-state index contributed by atoms with van der Waals surface area (Å²) in [5.74, 6) is -0.305. The average Bonchev–Trinajstić information content (AvgIpc) is 2.60. The quantitative estimate of drug-likeness (QED) is 0.719. The van der Waals surface area contributed by atoms with Gasteiger partial charge < -0.3 is 10.6 Å². The third kappa shape index (κ3) is 5.52. The molecule has 2 aromatic rings. The first-order valence-corrected chi connectivity index (χ1v) is 8.21. The van der Waals surface area contributed by atoms with Gasteiger partial charge in [-0.1, -0.05) is 60.7 Å². The molecule has 24 heavy (non-hydrogen) atoms. The Bertz CT molecular complexity index is 644. The van der Waals surface area contributed by atoms with E-state index in [-0.39, 0.29) is 5.91 Å². The fourth-order valence-corrected chi connectivity index (χ4v) is 2.51. The standard InChI is InChI=1S/C19H23N3O2/c1-2-20-19(24)22-18(23)17(16-11-7-4-8-12-16)21-14-13-15-9-5-3-6-10-15/h3-12,17,21H,2,13-14H2,1H3,(H2,20,22,23,24)/p+1/t17-/m0/s1. The lowest BCUT2D eigenvalue weighted by Crippen LogP contribution is -2.88. The summed E-state index contributed by atoms with van der Waals surface area (Å²) in [4.78, 5) is 24.1. The molecule has 126 valence electrons. The second kappa shape index (κ2) is 9.47. The van der Waals surface area contributed by atoms with Gasteiger partial charge in [-0.25, -0.2) is 4.79 Å². The zero-order valence-electron chi connectivity index (χ0n) is 13.9. The van der Waals surface area contributed by atoms with Crippen LogP contribution in [0.1, 0.15) is 24.1 Å². The molecule has 2 aromatic carbocycles. The Labute approximate surface area is 142 Å². The van der Waals surface area contributed by atoms with Crippen molar-refractivity contribution in [2.24, 2.45) is 0 Å². The molecule has 0 fully saturated rings. The van der Waals surface area contributed by atoms with Crippen molar-refractivity contribution < 1.29 is 14.9 Å². The Morgan fingerprint density at radius 2 is 1.62 bits per heavy atom. The number of amides is 3. The lowest BCUT2D eigenvalue weighted by molar-refractivity contribution is -0.682. The maximum absolute atomic E-state index is 12.5. The predicted octanol–water partition coefficient (Wildman–Crippen LogP) is 1.38. The fraction of sp³-hybridized carbons (Fsp3) is 0.263. The molecule has 1 atom stereocenters. The van der Waals surface area contributed by atoms with Crippen molar-refractivity contribution in [3.8, 4) is 0 Å². The van der Waals surface area contributed by atoms with Crippen molar-refractivity contribution in [3.05, 3.63) is 71.8 Å². The van der Waals surface area contributed by atoms with E-state index >= 15 is 0 Å². The molecule has 0 saturated heterocycles. The van der Waals surface area contributed by atoms with E-state index in [1.54, 1.807) is 0 Å². The van der Waals surface area contributed by atoms with Gasteiger partial charge in [-0.2, -0.15) is 0 Å². The molecule has 0 radical (unpaired) electrons. The first-order chi connectivity index (χ1) is 11.7. The van der Waals surface area contributed by atoms with Crippen molar-refractivity contribution >= 4 is 11.9 Å². The van der Waals surface area contributed by atoms with E-state index < -0.39 is 12.1 Å². The van der Waals surface area contributed by atoms with Gasteiger partial charge in [0.1, 0.15) is 0 Å². The number of carbonyl (C=O) groups is 2. The number of hydrogen-bond donors (Lipinski definition) is 3. The highest BCUT2D eigenvalue weighted by Gasteiger charge is 2.25. The van der Waals surface area contributed by atoms with Gasteiger partial charge in [-0.3, -0.25) is 10.1 Å². The number of imide groups is 1. The van der Waals surface area contributed by atoms with E-state index in [4.69, 9.17) is 0 Å². The molecule has 2 rings (SSSR count). The van der Waals surface area contributed by atoms with E-state index in [1.165, 1.54) is 5.56 Å². The average molecular weight is 326 g/mol. The second-order valence-corrected chi connectivity index (χ2v) is 5.50. The van der Waals surface area contributed by atoms with E-state index in [0.29, 0.717) is 6.54 Å². The number of nitrogens with two attached hydrogens (primary N) is 1. The number of benzene rings is 2. The van der Waals surface area contributed by atoms with Gasteiger partial charge in [-0.15, -0.1) is 0 Å². The molecule has 0 saturated carbocycles. The number of urea groups is 1. The van der Waals surface area contributed by atoms with E-state index in [9.17, 15) is 9.59 Å². The minimum Gasteiger partial charge on any atom is -0.338 e. The largest absolute Gasteiger partial charge is 0.338 e. The molecule has 3 amide bonds. The normalized spacial score (nSPS) is 11.5. The maximum atomic E-state index is 12.5. The Morgan fingerprint density at radius 3 is 2.25 bits per heavy atom. The summed E-state index contributed by atoms with van der Waals surface area (Å²) in [5, 5.41) is 6.96. The summed E-state index contributed by atoms with van der Waals surface area (Å²) in [6.07, 6.45) is 0.860. The van der Waals surface area contributed by atoms with Crippen molar-refractivity contribution in [2.75, 3.05) is 13.1 Å².